The van der Waals surface area contributed by atoms with Crippen LogP contribution in [0.5, 0.6) is 0 Å². The lowest BCUT2D eigenvalue weighted by Crippen LogP contribution is -2.10. The normalized spacial score (nSPS) is 12.1. The Labute approximate surface area is 365 Å². The van der Waals surface area contributed by atoms with Crippen molar-refractivity contribution in [1.29, 1.82) is 0 Å². The van der Waals surface area contributed by atoms with Crippen molar-refractivity contribution in [3.63, 3.8) is 0 Å². The number of hydrogen-bond acceptors (Lipinski definition) is 2. The van der Waals surface area contributed by atoms with Crippen LogP contribution >= 0.6 is 0 Å². The zero-order valence-corrected chi connectivity index (χ0v) is 34.6. The zero-order valence-electron chi connectivity index (χ0n) is 34.6. The molecule has 1 aliphatic rings. The van der Waals surface area contributed by atoms with Crippen molar-refractivity contribution >= 4 is 39.7 Å². The van der Waals surface area contributed by atoms with Crippen LogP contribution in [0.2, 0.25) is 0 Å². The van der Waals surface area contributed by atoms with E-state index < -0.39 is 0 Å². The Morgan fingerprint density at radius 1 is 0.258 bits per heavy atom. The lowest BCUT2D eigenvalue weighted by atomic mass is 9.97. The average molecular weight is 795 g/mol. The smallest absolute Gasteiger partial charge is 0.0467 e. The van der Waals surface area contributed by atoms with Crippen LogP contribution < -0.4 is 9.80 Å². The lowest BCUT2D eigenvalue weighted by molar-refractivity contribution is 1.05. The highest BCUT2D eigenvalue weighted by Crippen LogP contribution is 2.41. The minimum atomic E-state index is 1.07. The molecular weight excluding hydrogens is 749 g/mol. The Balaban J connectivity index is 0.991. The van der Waals surface area contributed by atoms with Crippen molar-refractivity contribution in [2.24, 2.45) is 0 Å². The molecule has 2 heteroatoms. The van der Waals surface area contributed by atoms with E-state index in [-0.39, 0.29) is 0 Å². The molecule has 0 aliphatic heterocycles. The first-order valence-corrected chi connectivity index (χ1v) is 21.5. The number of allylic oxidation sites excluding steroid dienone is 4. The van der Waals surface area contributed by atoms with Gasteiger partial charge in [0.05, 0.1) is 0 Å². The van der Waals surface area contributed by atoms with E-state index in [0.717, 1.165) is 58.1 Å². The number of nitrogens with zero attached hydrogens (tertiary/aromatic N) is 2. The van der Waals surface area contributed by atoms with E-state index in [0.29, 0.717) is 0 Å². The molecule has 0 unspecified atom stereocenters. The second-order valence-electron chi connectivity index (χ2n) is 15.7. The van der Waals surface area contributed by atoms with Gasteiger partial charge in [0.15, 0.2) is 0 Å². The summed E-state index contributed by atoms with van der Waals surface area (Å²) < 4.78 is 0. The van der Waals surface area contributed by atoms with Gasteiger partial charge in [0.2, 0.25) is 0 Å². The molecule has 1 aliphatic carbocycles. The second kappa shape index (κ2) is 17.7. The highest BCUT2D eigenvalue weighted by molar-refractivity contribution is 5.84. The monoisotopic (exact) mass is 794 g/mol. The van der Waals surface area contributed by atoms with Gasteiger partial charge in [-0.05, 0) is 141 Å². The Morgan fingerprint density at radius 2 is 0.581 bits per heavy atom. The fourth-order valence-electron chi connectivity index (χ4n) is 8.49. The van der Waals surface area contributed by atoms with Gasteiger partial charge in [-0.25, -0.2) is 0 Å². The van der Waals surface area contributed by atoms with Gasteiger partial charge >= 0.3 is 0 Å². The number of benzene rings is 9. The van der Waals surface area contributed by atoms with Crippen LogP contribution in [0.3, 0.4) is 0 Å². The van der Waals surface area contributed by atoms with Crippen LogP contribution in [-0.4, -0.2) is 0 Å². The van der Waals surface area contributed by atoms with Gasteiger partial charge in [0.25, 0.3) is 0 Å². The van der Waals surface area contributed by atoms with Gasteiger partial charge < -0.3 is 9.80 Å². The molecule has 9 aromatic carbocycles. The molecule has 0 bridgehead atoms. The average Bonchev–Trinajstić information content (AvgIpc) is 3.36. The van der Waals surface area contributed by atoms with Crippen molar-refractivity contribution in [2.75, 3.05) is 9.80 Å². The summed E-state index contributed by atoms with van der Waals surface area (Å²) in [6.07, 6.45) is 8.82. The van der Waals surface area contributed by atoms with Crippen molar-refractivity contribution in [3.8, 4) is 44.5 Å². The SMILES string of the molecule is C1=CCCC(c2ccc(N(c3ccc(-c4ccccc4)cc3)c3ccc(-c4cccc(N(c5ccc(-c6ccccc6)cc5)c5ccc(-c6ccccc6)cc5)c4)cc3)cc2)=C1. The third-order valence-electron chi connectivity index (χ3n) is 11.8. The van der Waals surface area contributed by atoms with E-state index in [1.54, 1.807) is 0 Å². The first kappa shape index (κ1) is 38.3. The van der Waals surface area contributed by atoms with Crippen molar-refractivity contribution in [1.82, 2.24) is 0 Å². The molecule has 0 fully saturated rings. The van der Waals surface area contributed by atoms with Gasteiger partial charge in [0, 0.05) is 34.1 Å². The highest BCUT2D eigenvalue weighted by atomic mass is 15.1. The Hall–Kier alpha value is -7.94. The zero-order chi connectivity index (χ0) is 41.5. The topological polar surface area (TPSA) is 6.48 Å². The molecule has 0 radical (unpaired) electrons. The molecule has 0 heterocycles. The first-order valence-electron chi connectivity index (χ1n) is 21.5. The van der Waals surface area contributed by atoms with Gasteiger partial charge in [-0.2, -0.15) is 0 Å². The molecule has 296 valence electrons. The predicted molar refractivity (Wildman–Crippen MR) is 264 cm³/mol. The van der Waals surface area contributed by atoms with Gasteiger partial charge in [0.1, 0.15) is 0 Å². The predicted octanol–water partition coefficient (Wildman–Crippen LogP) is 17.0. The van der Waals surface area contributed by atoms with E-state index >= 15 is 0 Å². The maximum Gasteiger partial charge on any atom is 0.0467 e. The Bertz CT molecular complexity index is 2850. The van der Waals surface area contributed by atoms with E-state index in [1.807, 2.05) is 0 Å². The van der Waals surface area contributed by atoms with E-state index in [1.165, 1.54) is 44.5 Å². The van der Waals surface area contributed by atoms with Crippen molar-refractivity contribution < 1.29 is 0 Å². The molecule has 0 aromatic heterocycles. The third-order valence-corrected chi connectivity index (χ3v) is 11.8. The molecule has 0 atom stereocenters. The van der Waals surface area contributed by atoms with Crippen molar-refractivity contribution in [3.05, 3.63) is 260 Å². The van der Waals surface area contributed by atoms with Gasteiger partial charge in [-0.15, -0.1) is 0 Å². The maximum atomic E-state index is 2.36. The van der Waals surface area contributed by atoms with E-state index in [4.69, 9.17) is 0 Å². The number of hydrogen-bond donors (Lipinski definition) is 0. The van der Waals surface area contributed by atoms with Crippen LogP contribution in [0, 0.1) is 0 Å². The van der Waals surface area contributed by atoms with Crippen LogP contribution in [0.15, 0.2) is 255 Å². The molecule has 2 nitrogen and oxygen atoms in total. The van der Waals surface area contributed by atoms with Crippen LogP contribution in [-0.2, 0) is 0 Å². The highest BCUT2D eigenvalue weighted by Gasteiger charge is 2.17. The van der Waals surface area contributed by atoms with Gasteiger partial charge in [-0.3, -0.25) is 0 Å². The second-order valence-corrected chi connectivity index (χ2v) is 15.7. The molecule has 10 rings (SSSR count). The molecule has 0 saturated carbocycles. The minimum Gasteiger partial charge on any atom is -0.311 e. The summed E-state index contributed by atoms with van der Waals surface area (Å²) in [7, 11) is 0. The summed E-state index contributed by atoms with van der Waals surface area (Å²) in [6.45, 7) is 0. The van der Waals surface area contributed by atoms with Crippen LogP contribution in [0.4, 0.5) is 34.1 Å². The molecule has 0 saturated heterocycles. The summed E-state index contributed by atoms with van der Waals surface area (Å²) >= 11 is 0. The lowest BCUT2D eigenvalue weighted by Gasteiger charge is -2.27. The third kappa shape index (κ3) is 8.28. The summed E-state index contributed by atoms with van der Waals surface area (Å²) in [5, 5.41) is 0. The maximum absolute atomic E-state index is 2.36. The quantitative estimate of drug-likeness (QED) is 0.129. The molecule has 0 spiro atoms. The summed E-state index contributed by atoms with van der Waals surface area (Å²) in [4.78, 5) is 4.71. The van der Waals surface area contributed by atoms with Crippen LogP contribution in [0.1, 0.15) is 18.4 Å². The fourth-order valence-corrected chi connectivity index (χ4v) is 8.49. The molecular formula is C60H46N2. The van der Waals surface area contributed by atoms with Crippen LogP contribution in [0.25, 0.3) is 50.1 Å². The molecule has 9 aromatic rings. The molecule has 62 heavy (non-hydrogen) atoms. The Kier molecular flexibility index (Phi) is 10.9. The summed E-state index contributed by atoms with van der Waals surface area (Å²) in [5.74, 6) is 0. The van der Waals surface area contributed by atoms with Gasteiger partial charge in [-0.1, -0.05) is 182 Å². The summed E-state index contributed by atoms with van der Waals surface area (Å²) in [5.41, 5.74) is 18.8. The molecule has 0 amide bonds. The van der Waals surface area contributed by atoms with Crippen molar-refractivity contribution in [2.45, 2.75) is 12.8 Å². The summed E-state index contributed by atoms with van der Waals surface area (Å²) in [6, 6.07) is 85.3. The number of anilines is 6. The van der Waals surface area contributed by atoms with E-state index in [2.05, 4.69) is 265 Å². The molecule has 0 N–H and O–H groups in total. The minimum absolute atomic E-state index is 1.07. The number of rotatable bonds is 11. The van der Waals surface area contributed by atoms with E-state index in [9.17, 15) is 0 Å². The Morgan fingerprint density at radius 3 is 0.952 bits per heavy atom. The largest absolute Gasteiger partial charge is 0.311 e. The fraction of sp³-hybridized carbons (Fsp3) is 0.0333. The standard InChI is InChI=1S/C60H46N2/c1-5-14-45(15-6-1)49-24-34-55(35-25-49)61(56-36-26-50(27-37-56)46-16-7-2-8-17-46)57-42-32-53(33-43-57)54-22-13-23-60(44-54)62(58-38-28-51(29-39-58)47-18-9-3-10-19-47)59-40-30-52(31-41-59)48-20-11-4-12-21-48/h1-7,9-16,18-44H,8,17H2. The first-order chi connectivity index (χ1) is 30.7.